The summed E-state index contributed by atoms with van der Waals surface area (Å²) in [6.45, 7) is 13.7. The molecule has 0 saturated carbocycles. The number of benzene rings is 4. The molecule has 0 spiro atoms. The van der Waals surface area contributed by atoms with Gasteiger partial charge in [-0.15, -0.1) is 0 Å². The Hall–Kier alpha value is -3.79. The third kappa shape index (κ3) is 2.09. The minimum atomic E-state index is 0.0312. The van der Waals surface area contributed by atoms with Crippen molar-refractivity contribution >= 4 is 72.5 Å². The molecule has 0 saturated heterocycles. The van der Waals surface area contributed by atoms with E-state index < -0.39 is 0 Å². The van der Waals surface area contributed by atoms with Crippen LogP contribution in [0.2, 0.25) is 0 Å². The first-order valence-corrected chi connectivity index (χ1v) is 12.5. The number of fused-ring (bicyclic) bond motifs is 2. The quantitative estimate of drug-likeness (QED) is 0.207. The molecule has 4 heteroatoms. The highest BCUT2D eigenvalue weighted by atomic mass is 15.1. The van der Waals surface area contributed by atoms with Gasteiger partial charge in [-0.2, -0.15) is 0 Å². The Morgan fingerprint density at radius 3 is 2.54 bits per heavy atom. The molecule has 35 heavy (non-hydrogen) atoms. The topological polar surface area (TPSA) is 20.5 Å². The fourth-order valence-corrected chi connectivity index (χ4v) is 6.84. The summed E-state index contributed by atoms with van der Waals surface area (Å²) in [4.78, 5) is 7.63. The lowest BCUT2D eigenvalue weighted by atomic mass is 9.33. The second-order valence-electron chi connectivity index (χ2n) is 11.4. The number of nitrogens with zero attached hydrogens (tertiary/aromatic N) is 3. The highest BCUT2D eigenvalue weighted by Gasteiger charge is 2.42. The third-order valence-corrected chi connectivity index (χ3v) is 8.57. The van der Waals surface area contributed by atoms with Gasteiger partial charge in [-0.3, -0.25) is 4.40 Å². The molecule has 0 atom stereocenters. The predicted octanol–water partition coefficient (Wildman–Crippen LogP) is 6.05. The van der Waals surface area contributed by atoms with Crippen LogP contribution in [0.4, 0.5) is 5.69 Å². The summed E-state index contributed by atoms with van der Waals surface area (Å²) in [6, 6.07) is 18.3. The second kappa shape index (κ2) is 5.88. The van der Waals surface area contributed by atoms with Gasteiger partial charge in [0, 0.05) is 34.6 Å². The first-order valence-electron chi connectivity index (χ1n) is 12.5. The molecule has 2 aromatic heterocycles. The number of pyridine rings is 1. The van der Waals surface area contributed by atoms with Crippen molar-refractivity contribution in [1.29, 1.82) is 0 Å². The zero-order chi connectivity index (χ0) is 24.0. The fraction of sp³-hybridized carbons (Fsp3) is 0.194. The minimum Gasteiger partial charge on any atom is -0.346 e. The monoisotopic (exact) mass is 451 g/mol. The molecule has 0 N–H and O–H groups in total. The highest BCUT2D eigenvalue weighted by molar-refractivity contribution is 6.96. The van der Waals surface area contributed by atoms with Gasteiger partial charge < -0.3 is 4.90 Å². The fourth-order valence-electron chi connectivity index (χ4n) is 6.84. The van der Waals surface area contributed by atoms with Gasteiger partial charge in [0.2, 0.25) is 0 Å². The van der Waals surface area contributed by atoms with Crippen LogP contribution in [0.25, 0.3) is 49.1 Å². The molecular formula is C31H26BN3. The number of anilines is 1. The molecule has 2 aliphatic rings. The Kier molecular flexibility index (Phi) is 3.28. The van der Waals surface area contributed by atoms with Gasteiger partial charge in [-0.1, -0.05) is 69.8 Å². The summed E-state index contributed by atoms with van der Waals surface area (Å²) in [5, 5.41) is 6.48. The molecule has 4 aromatic carbocycles. The van der Waals surface area contributed by atoms with Crippen molar-refractivity contribution in [3.8, 4) is 0 Å². The molecular weight excluding hydrogens is 425 g/mol. The number of hydrogen-bond donors (Lipinski definition) is 0. The molecule has 0 bridgehead atoms. The number of rotatable bonds is 0. The van der Waals surface area contributed by atoms with Crippen molar-refractivity contribution in [2.45, 2.75) is 33.1 Å². The zero-order valence-corrected chi connectivity index (χ0v) is 20.8. The molecule has 3 nitrogen and oxygen atoms in total. The number of imidazole rings is 1. The van der Waals surface area contributed by atoms with Crippen molar-refractivity contribution in [3.05, 3.63) is 77.9 Å². The van der Waals surface area contributed by atoms with Crippen molar-refractivity contribution in [3.63, 3.8) is 0 Å². The molecule has 0 radical (unpaired) electrons. The maximum Gasteiger partial charge on any atom is 0.251 e. The Bertz CT molecular complexity index is 1980. The van der Waals surface area contributed by atoms with E-state index in [1.807, 2.05) is 0 Å². The van der Waals surface area contributed by atoms with Crippen LogP contribution in [0, 0.1) is 0 Å². The van der Waals surface area contributed by atoms with Crippen LogP contribution in [-0.4, -0.2) is 23.1 Å². The van der Waals surface area contributed by atoms with Gasteiger partial charge in [0.05, 0.1) is 16.6 Å². The van der Waals surface area contributed by atoms with Gasteiger partial charge in [0.1, 0.15) is 5.65 Å². The lowest BCUT2D eigenvalue weighted by molar-refractivity contribution is 0.591. The molecule has 0 aliphatic carbocycles. The summed E-state index contributed by atoms with van der Waals surface area (Å²) in [5.41, 5.74) is 12.5. The molecule has 6 aromatic rings. The van der Waals surface area contributed by atoms with E-state index in [2.05, 4.69) is 105 Å². The standard InChI is InChI=1S/C31H26BN3/c1-7-21-16(2)34(6)24-13-18-12-11-17-9-8-10-20-25(17)26(18)29-27(24)32(21)22-14-19(31(3,4)5)15-23-28(22)35(29)30(20)33-23/h7-15H,2H2,1,3-6H3/b21-7+. The van der Waals surface area contributed by atoms with E-state index in [-0.39, 0.29) is 12.1 Å². The average molecular weight is 451 g/mol. The summed E-state index contributed by atoms with van der Waals surface area (Å²) in [7, 11) is 2.16. The molecule has 0 unspecified atom stereocenters. The smallest absolute Gasteiger partial charge is 0.251 e. The van der Waals surface area contributed by atoms with Crippen LogP contribution in [-0.2, 0) is 5.41 Å². The van der Waals surface area contributed by atoms with Crippen molar-refractivity contribution in [2.24, 2.45) is 0 Å². The van der Waals surface area contributed by atoms with Crippen LogP contribution in [0.1, 0.15) is 33.3 Å². The van der Waals surface area contributed by atoms with Crippen molar-refractivity contribution < 1.29 is 0 Å². The van der Waals surface area contributed by atoms with E-state index in [0.29, 0.717) is 0 Å². The Morgan fingerprint density at radius 1 is 0.971 bits per heavy atom. The van der Waals surface area contributed by atoms with E-state index >= 15 is 0 Å². The summed E-state index contributed by atoms with van der Waals surface area (Å²) >= 11 is 0. The molecule has 0 fully saturated rings. The third-order valence-electron chi connectivity index (χ3n) is 8.57. The zero-order valence-electron chi connectivity index (χ0n) is 20.8. The lowest BCUT2D eigenvalue weighted by Crippen LogP contribution is -2.54. The van der Waals surface area contributed by atoms with E-state index in [4.69, 9.17) is 4.98 Å². The van der Waals surface area contributed by atoms with Crippen LogP contribution in [0.5, 0.6) is 0 Å². The van der Waals surface area contributed by atoms with Crippen molar-refractivity contribution in [1.82, 2.24) is 9.38 Å². The summed E-state index contributed by atoms with van der Waals surface area (Å²) < 4.78 is 2.48. The van der Waals surface area contributed by atoms with E-state index in [9.17, 15) is 0 Å². The number of likely N-dealkylation sites (N-methyl/N-ethyl adjacent to an activating group) is 1. The summed E-state index contributed by atoms with van der Waals surface area (Å²) in [6.07, 6.45) is 2.27. The largest absolute Gasteiger partial charge is 0.346 e. The predicted molar refractivity (Wildman–Crippen MR) is 151 cm³/mol. The molecule has 0 amide bonds. The molecule has 8 rings (SSSR count). The van der Waals surface area contributed by atoms with Crippen LogP contribution < -0.4 is 15.8 Å². The maximum atomic E-state index is 5.35. The Labute approximate surface area is 204 Å². The van der Waals surface area contributed by atoms with Gasteiger partial charge in [0.25, 0.3) is 6.71 Å². The van der Waals surface area contributed by atoms with E-state index in [0.717, 1.165) is 16.9 Å². The van der Waals surface area contributed by atoms with Gasteiger partial charge in [0.15, 0.2) is 0 Å². The summed E-state index contributed by atoms with van der Waals surface area (Å²) in [5.74, 6) is 0. The van der Waals surface area contributed by atoms with Gasteiger partial charge in [-0.25, -0.2) is 4.98 Å². The first-order chi connectivity index (χ1) is 16.8. The van der Waals surface area contributed by atoms with Crippen LogP contribution in [0.3, 0.4) is 0 Å². The number of allylic oxidation sites excluding steroid dienone is 2. The molecule has 4 heterocycles. The van der Waals surface area contributed by atoms with Crippen LogP contribution >= 0.6 is 0 Å². The van der Waals surface area contributed by atoms with Crippen molar-refractivity contribution in [2.75, 3.05) is 11.9 Å². The SMILES string of the molecule is C=C1/C(=C\C)B2c3cc(C(C)(C)C)cc4nc5c6cccc7ccc8cc(c2c(c8c76)n5c34)N1C. The van der Waals surface area contributed by atoms with Gasteiger partial charge >= 0.3 is 0 Å². The highest BCUT2D eigenvalue weighted by Crippen LogP contribution is 2.44. The first kappa shape index (κ1) is 19.5. The molecule has 2 aliphatic heterocycles. The van der Waals surface area contributed by atoms with E-state index in [1.54, 1.807) is 0 Å². The Morgan fingerprint density at radius 2 is 1.77 bits per heavy atom. The maximum absolute atomic E-state index is 5.35. The number of aromatic nitrogens is 2. The normalized spacial score (nSPS) is 16.7. The van der Waals surface area contributed by atoms with Crippen LogP contribution in [0.15, 0.2) is 72.4 Å². The second-order valence-corrected chi connectivity index (χ2v) is 11.4. The lowest BCUT2D eigenvalue weighted by Gasteiger charge is -2.39. The number of hydrogen-bond acceptors (Lipinski definition) is 2. The minimum absolute atomic E-state index is 0.0312. The Balaban J connectivity index is 1.76. The van der Waals surface area contributed by atoms with E-state index in [1.165, 1.54) is 65.6 Å². The average Bonchev–Trinajstić information content (AvgIpc) is 3.23. The molecule has 168 valence electrons. The van der Waals surface area contributed by atoms with Gasteiger partial charge in [-0.05, 0) is 57.2 Å².